The summed E-state index contributed by atoms with van der Waals surface area (Å²) in [5, 5.41) is 9.03. The first-order chi connectivity index (χ1) is 17.1. The van der Waals surface area contributed by atoms with Gasteiger partial charge in [-0.2, -0.15) is 0 Å². The van der Waals surface area contributed by atoms with Gasteiger partial charge in [0, 0.05) is 19.4 Å². The lowest BCUT2D eigenvalue weighted by atomic mass is 9.64. The summed E-state index contributed by atoms with van der Waals surface area (Å²) in [6.07, 6.45) is 2.91. The van der Waals surface area contributed by atoms with Crippen LogP contribution in [-0.4, -0.2) is 38.6 Å². The van der Waals surface area contributed by atoms with E-state index < -0.39 is 5.97 Å². The Morgan fingerprint density at radius 3 is 2.44 bits per heavy atom. The Hall–Kier alpha value is -3.55. The lowest BCUT2D eigenvalue weighted by molar-refractivity contribution is -0.137. The molecule has 1 atom stereocenters. The fourth-order valence-electron chi connectivity index (χ4n) is 5.25. The third-order valence-electron chi connectivity index (χ3n) is 7.10. The lowest BCUT2D eigenvalue weighted by Gasteiger charge is -2.42. The van der Waals surface area contributed by atoms with Gasteiger partial charge in [0.05, 0.1) is 6.04 Å². The Morgan fingerprint density at radius 2 is 1.83 bits per heavy atom. The molecular formula is C28H34N4O4. The van der Waals surface area contributed by atoms with Crippen LogP contribution in [0.25, 0.3) is 11.2 Å². The summed E-state index contributed by atoms with van der Waals surface area (Å²) in [4.78, 5) is 48.8. The number of nitrogens with zero attached hydrogens (tertiary/aromatic N) is 4. The number of carboxylic acids is 1. The standard InChI is InChI=1S/C28H34N4O4/c1-5-22(18-10-7-6-8-11-18)32-25-20(29-21(27(32)36)12-9-13-24(33)34)14-15-23(30-25)31(4)26(35)19-16-28(2,3)17-19/h6-8,10-11,14-15,19,22H,5,9,12-13,16-17H2,1-4H3,(H,33,34)/t22-/m0/s1. The van der Waals surface area contributed by atoms with Crippen LogP contribution in [0, 0.1) is 11.3 Å². The number of aryl methyl sites for hydroxylation is 1. The van der Waals surface area contributed by atoms with Crippen LogP contribution in [-0.2, 0) is 16.0 Å². The molecule has 1 aromatic carbocycles. The average molecular weight is 491 g/mol. The molecule has 36 heavy (non-hydrogen) atoms. The molecule has 4 rings (SSSR count). The van der Waals surface area contributed by atoms with E-state index in [0.717, 1.165) is 18.4 Å². The minimum absolute atomic E-state index is 0.0212. The van der Waals surface area contributed by atoms with Gasteiger partial charge in [0.2, 0.25) is 5.91 Å². The molecule has 0 unspecified atom stereocenters. The number of hydrogen-bond donors (Lipinski definition) is 1. The number of fused-ring (bicyclic) bond motifs is 1. The van der Waals surface area contributed by atoms with E-state index in [0.29, 0.717) is 35.5 Å². The van der Waals surface area contributed by atoms with Crippen molar-refractivity contribution in [2.75, 3.05) is 11.9 Å². The van der Waals surface area contributed by atoms with Crippen molar-refractivity contribution in [3.8, 4) is 0 Å². The maximum absolute atomic E-state index is 13.7. The Labute approximate surface area is 211 Å². The van der Waals surface area contributed by atoms with Crippen LogP contribution in [0.4, 0.5) is 5.82 Å². The van der Waals surface area contributed by atoms with E-state index in [9.17, 15) is 14.4 Å². The summed E-state index contributed by atoms with van der Waals surface area (Å²) in [5.74, 6) is -0.412. The Morgan fingerprint density at radius 1 is 1.14 bits per heavy atom. The molecule has 8 heteroatoms. The Kier molecular flexibility index (Phi) is 7.24. The third-order valence-corrected chi connectivity index (χ3v) is 7.10. The number of aromatic nitrogens is 3. The van der Waals surface area contributed by atoms with E-state index in [1.54, 1.807) is 28.6 Å². The Balaban J connectivity index is 1.80. The molecule has 1 saturated carbocycles. The first-order valence-electron chi connectivity index (χ1n) is 12.6. The molecule has 0 aliphatic heterocycles. The van der Waals surface area contributed by atoms with Crippen LogP contribution in [0.15, 0.2) is 47.3 Å². The van der Waals surface area contributed by atoms with Crippen molar-refractivity contribution in [3.05, 3.63) is 64.1 Å². The van der Waals surface area contributed by atoms with Gasteiger partial charge in [-0.25, -0.2) is 9.97 Å². The topological polar surface area (TPSA) is 105 Å². The maximum Gasteiger partial charge on any atom is 0.303 e. The minimum Gasteiger partial charge on any atom is -0.481 e. The van der Waals surface area contributed by atoms with Gasteiger partial charge >= 0.3 is 5.97 Å². The molecule has 1 aliphatic carbocycles. The van der Waals surface area contributed by atoms with E-state index >= 15 is 0 Å². The molecule has 0 saturated heterocycles. The summed E-state index contributed by atoms with van der Waals surface area (Å²) < 4.78 is 1.67. The molecule has 3 aromatic rings. The highest BCUT2D eigenvalue weighted by atomic mass is 16.4. The normalized spacial score (nSPS) is 15.9. The molecule has 190 valence electrons. The van der Waals surface area contributed by atoms with Crippen molar-refractivity contribution in [1.82, 2.24) is 14.5 Å². The molecule has 8 nitrogen and oxygen atoms in total. The zero-order valence-corrected chi connectivity index (χ0v) is 21.4. The van der Waals surface area contributed by atoms with Gasteiger partial charge in [0.1, 0.15) is 17.0 Å². The number of pyridine rings is 1. The monoisotopic (exact) mass is 490 g/mol. The average Bonchev–Trinajstić information content (AvgIpc) is 2.84. The number of carbonyl (C=O) groups is 2. The summed E-state index contributed by atoms with van der Waals surface area (Å²) >= 11 is 0. The molecule has 1 aliphatic rings. The summed E-state index contributed by atoms with van der Waals surface area (Å²) in [7, 11) is 1.73. The number of carboxylic acid groups (broad SMARTS) is 1. The SMILES string of the molecule is CC[C@@H](c1ccccc1)n1c(=O)c(CCCC(=O)O)nc2ccc(N(C)C(=O)C3CC(C)(C)C3)nc21. The van der Waals surface area contributed by atoms with Crippen LogP contribution in [0.2, 0.25) is 0 Å². The first kappa shape index (κ1) is 25.5. The van der Waals surface area contributed by atoms with Crippen molar-refractivity contribution in [2.24, 2.45) is 11.3 Å². The van der Waals surface area contributed by atoms with Gasteiger partial charge in [-0.1, -0.05) is 51.1 Å². The van der Waals surface area contributed by atoms with E-state index in [4.69, 9.17) is 10.1 Å². The molecule has 0 spiro atoms. The summed E-state index contributed by atoms with van der Waals surface area (Å²) in [6.45, 7) is 6.34. The van der Waals surface area contributed by atoms with E-state index in [2.05, 4.69) is 18.8 Å². The number of aliphatic carboxylic acids is 1. The van der Waals surface area contributed by atoms with Crippen LogP contribution in [0.1, 0.15) is 70.2 Å². The van der Waals surface area contributed by atoms with E-state index in [1.807, 2.05) is 37.3 Å². The fourth-order valence-corrected chi connectivity index (χ4v) is 5.25. The van der Waals surface area contributed by atoms with Gasteiger partial charge in [-0.05, 0) is 55.2 Å². The second kappa shape index (κ2) is 10.2. The number of anilines is 1. The molecule has 1 amide bonds. The second-order valence-corrected chi connectivity index (χ2v) is 10.5. The number of amides is 1. The zero-order chi connectivity index (χ0) is 26.0. The van der Waals surface area contributed by atoms with Crippen molar-refractivity contribution >= 4 is 28.9 Å². The first-order valence-corrected chi connectivity index (χ1v) is 12.6. The predicted octanol–water partition coefficient (Wildman–Crippen LogP) is 4.60. The van der Waals surface area contributed by atoms with Crippen molar-refractivity contribution in [1.29, 1.82) is 0 Å². The molecule has 2 aromatic heterocycles. The fraction of sp³-hybridized carbons (Fsp3) is 0.464. The lowest BCUT2D eigenvalue weighted by Crippen LogP contribution is -2.43. The van der Waals surface area contributed by atoms with Crippen molar-refractivity contribution in [3.63, 3.8) is 0 Å². The summed E-state index contributed by atoms with van der Waals surface area (Å²) in [5.41, 5.74) is 2.17. The third kappa shape index (κ3) is 5.17. The molecule has 1 N–H and O–H groups in total. The number of hydrogen-bond acceptors (Lipinski definition) is 5. The Bertz CT molecular complexity index is 1320. The van der Waals surface area contributed by atoms with Crippen LogP contribution in [0.3, 0.4) is 0 Å². The van der Waals surface area contributed by atoms with Gasteiger partial charge in [-0.15, -0.1) is 0 Å². The van der Waals surface area contributed by atoms with Gasteiger partial charge in [0.15, 0.2) is 5.65 Å². The molecule has 0 radical (unpaired) electrons. The van der Waals surface area contributed by atoms with E-state index in [1.165, 1.54) is 0 Å². The van der Waals surface area contributed by atoms with Crippen molar-refractivity contribution < 1.29 is 14.7 Å². The highest BCUT2D eigenvalue weighted by Gasteiger charge is 2.41. The number of benzene rings is 1. The quantitative estimate of drug-likeness (QED) is 0.470. The predicted molar refractivity (Wildman–Crippen MR) is 139 cm³/mol. The highest BCUT2D eigenvalue weighted by molar-refractivity contribution is 5.95. The summed E-state index contributed by atoms with van der Waals surface area (Å²) in [6, 6.07) is 13.0. The number of carbonyl (C=O) groups excluding carboxylic acids is 1. The smallest absolute Gasteiger partial charge is 0.303 e. The van der Waals surface area contributed by atoms with Crippen LogP contribution in [0.5, 0.6) is 0 Å². The van der Waals surface area contributed by atoms with Gasteiger partial charge in [0.25, 0.3) is 5.56 Å². The van der Waals surface area contributed by atoms with Crippen LogP contribution < -0.4 is 10.5 Å². The number of rotatable bonds is 9. The molecule has 1 fully saturated rings. The van der Waals surface area contributed by atoms with E-state index in [-0.39, 0.29) is 41.7 Å². The molecule has 2 heterocycles. The molecule has 0 bridgehead atoms. The van der Waals surface area contributed by atoms with Gasteiger partial charge < -0.3 is 5.11 Å². The minimum atomic E-state index is -0.902. The maximum atomic E-state index is 13.7. The molecular weight excluding hydrogens is 456 g/mol. The van der Waals surface area contributed by atoms with Crippen LogP contribution >= 0.6 is 0 Å². The second-order valence-electron chi connectivity index (χ2n) is 10.5. The van der Waals surface area contributed by atoms with Crippen molar-refractivity contribution in [2.45, 2.75) is 65.3 Å². The highest BCUT2D eigenvalue weighted by Crippen LogP contribution is 2.45. The van der Waals surface area contributed by atoms with Gasteiger partial charge in [-0.3, -0.25) is 23.9 Å². The zero-order valence-electron chi connectivity index (χ0n) is 21.4. The largest absolute Gasteiger partial charge is 0.481 e.